The molecule has 1 aromatic carbocycles. The third kappa shape index (κ3) is 3.54. The second-order valence-electron chi connectivity index (χ2n) is 4.12. The molecule has 0 fully saturated rings. The molecule has 2 nitrogen and oxygen atoms in total. The van der Waals surface area contributed by atoms with E-state index >= 15 is 0 Å². The zero-order valence-electron chi connectivity index (χ0n) is 9.98. The molecule has 18 heavy (non-hydrogen) atoms. The lowest BCUT2D eigenvalue weighted by Crippen LogP contribution is -2.27. The number of alkyl halides is 3. The maximum atomic E-state index is 13.6. The van der Waals surface area contributed by atoms with Crippen LogP contribution in [0.2, 0.25) is 0 Å². The Morgan fingerprint density at radius 1 is 1.33 bits per heavy atom. The van der Waals surface area contributed by atoms with Crippen LogP contribution in [0.15, 0.2) is 29.8 Å². The molecular weight excluding hydrogens is 248 g/mol. The van der Waals surface area contributed by atoms with Crippen LogP contribution in [0.1, 0.15) is 31.0 Å². The highest BCUT2D eigenvalue weighted by Gasteiger charge is 2.31. The van der Waals surface area contributed by atoms with E-state index in [4.69, 9.17) is 5.84 Å². The molecule has 0 heterocycles. The van der Waals surface area contributed by atoms with Gasteiger partial charge in [0.05, 0.1) is 11.6 Å². The van der Waals surface area contributed by atoms with Crippen LogP contribution < -0.4 is 11.3 Å². The van der Waals surface area contributed by atoms with Crippen molar-refractivity contribution in [1.29, 1.82) is 0 Å². The van der Waals surface area contributed by atoms with Gasteiger partial charge in [-0.25, -0.2) is 9.82 Å². The second kappa shape index (κ2) is 5.49. The van der Waals surface area contributed by atoms with Gasteiger partial charge in [0.2, 0.25) is 0 Å². The van der Waals surface area contributed by atoms with Crippen LogP contribution in [0.5, 0.6) is 0 Å². The third-order valence-electron chi connectivity index (χ3n) is 2.34. The van der Waals surface area contributed by atoms with Crippen LogP contribution in [0.25, 0.3) is 0 Å². The summed E-state index contributed by atoms with van der Waals surface area (Å²) in [5.41, 5.74) is 2.07. The first kappa shape index (κ1) is 14.7. The molecular formula is C12H14F4N2. The van der Waals surface area contributed by atoms with E-state index in [9.17, 15) is 17.6 Å². The standard InChI is InChI=1S/C12H14F4N2/c1-7(2)5-11(18-17)9-6-8(12(14,15)16)3-4-10(9)13/h3-6,11,18H,17H2,1-2H3. The predicted octanol–water partition coefficient (Wildman–Crippen LogP) is 3.32. The van der Waals surface area contributed by atoms with Gasteiger partial charge in [0.15, 0.2) is 0 Å². The molecule has 0 aliphatic carbocycles. The molecule has 0 saturated heterocycles. The number of allylic oxidation sites excluding steroid dienone is 1. The van der Waals surface area contributed by atoms with Gasteiger partial charge in [0.1, 0.15) is 5.82 Å². The van der Waals surface area contributed by atoms with Crippen LogP contribution >= 0.6 is 0 Å². The molecule has 1 atom stereocenters. The van der Waals surface area contributed by atoms with Gasteiger partial charge in [-0.3, -0.25) is 5.84 Å². The summed E-state index contributed by atoms with van der Waals surface area (Å²) in [6.07, 6.45) is -2.95. The van der Waals surface area contributed by atoms with Gasteiger partial charge < -0.3 is 0 Å². The Hall–Kier alpha value is -1.40. The van der Waals surface area contributed by atoms with Gasteiger partial charge in [0, 0.05) is 5.56 Å². The normalized spacial score (nSPS) is 13.3. The fourth-order valence-electron chi connectivity index (χ4n) is 1.52. The summed E-state index contributed by atoms with van der Waals surface area (Å²) in [7, 11) is 0. The molecule has 1 rings (SSSR count). The van der Waals surface area contributed by atoms with Crippen molar-refractivity contribution < 1.29 is 17.6 Å². The summed E-state index contributed by atoms with van der Waals surface area (Å²) in [5, 5.41) is 0. The molecule has 100 valence electrons. The summed E-state index contributed by atoms with van der Waals surface area (Å²) in [5.74, 6) is 4.51. The van der Waals surface area contributed by atoms with Crippen molar-refractivity contribution in [1.82, 2.24) is 5.43 Å². The molecule has 1 unspecified atom stereocenters. The van der Waals surface area contributed by atoms with Crippen LogP contribution in [0, 0.1) is 5.82 Å². The largest absolute Gasteiger partial charge is 0.416 e. The molecule has 0 saturated carbocycles. The minimum atomic E-state index is -4.51. The Bertz CT molecular complexity index is 448. The van der Waals surface area contributed by atoms with E-state index in [0.29, 0.717) is 6.07 Å². The third-order valence-corrected chi connectivity index (χ3v) is 2.34. The number of benzene rings is 1. The number of hydrogen-bond donors (Lipinski definition) is 2. The zero-order chi connectivity index (χ0) is 13.9. The molecule has 0 aliphatic rings. The van der Waals surface area contributed by atoms with Gasteiger partial charge in [-0.05, 0) is 32.0 Å². The average molecular weight is 262 g/mol. The van der Waals surface area contributed by atoms with Gasteiger partial charge >= 0.3 is 6.18 Å². The Morgan fingerprint density at radius 2 is 1.94 bits per heavy atom. The van der Waals surface area contributed by atoms with Crippen LogP contribution in [0.3, 0.4) is 0 Å². The van der Waals surface area contributed by atoms with Gasteiger partial charge in [-0.15, -0.1) is 0 Å². The zero-order valence-corrected chi connectivity index (χ0v) is 9.98. The second-order valence-corrected chi connectivity index (χ2v) is 4.12. The Balaban J connectivity index is 3.26. The van der Waals surface area contributed by atoms with Gasteiger partial charge in [0.25, 0.3) is 0 Å². The highest BCUT2D eigenvalue weighted by Crippen LogP contribution is 2.32. The first-order chi connectivity index (χ1) is 8.25. The predicted molar refractivity (Wildman–Crippen MR) is 60.9 cm³/mol. The van der Waals surface area contributed by atoms with E-state index in [2.05, 4.69) is 5.43 Å². The Morgan fingerprint density at radius 3 is 2.39 bits per heavy atom. The van der Waals surface area contributed by atoms with E-state index in [-0.39, 0.29) is 5.56 Å². The van der Waals surface area contributed by atoms with Crippen LogP contribution in [0.4, 0.5) is 17.6 Å². The molecule has 0 spiro atoms. The van der Waals surface area contributed by atoms with Crippen LogP contribution in [-0.2, 0) is 6.18 Å². The average Bonchev–Trinajstić information content (AvgIpc) is 2.25. The fraction of sp³-hybridized carbons (Fsp3) is 0.333. The highest BCUT2D eigenvalue weighted by atomic mass is 19.4. The molecule has 0 aliphatic heterocycles. The highest BCUT2D eigenvalue weighted by molar-refractivity contribution is 5.32. The summed E-state index contributed by atoms with van der Waals surface area (Å²) in [6, 6.07) is 1.47. The fourth-order valence-corrected chi connectivity index (χ4v) is 1.52. The molecule has 3 N–H and O–H groups in total. The number of hydrazine groups is 1. The van der Waals surface area contributed by atoms with Crippen molar-refractivity contribution in [2.24, 2.45) is 5.84 Å². The molecule has 6 heteroatoms. The molecule has 0 radical (unpaired) electrons. The Labute approximate surface area is 102 Å². The van der Waals surface area contributed by atoms with E-state index in [1.54, 1.807) is 19.9 Å². The summed E-state index contributed by atoms with van der Waals surface area (Å²) >= 11 is 0. The quantitative estimate of drug-likeness (QED) is 0.379. The molecule has 0 amide bonds. The molecule has 0 bridgehead atoms. The van der Waals surface area contributed by atoms with Crippen molar-refractivity contribution in [3.8, 4) is 0 Å². The maximum Gasteiger partial charge on any atom is 0.416 e. The topological polar surface area (TPSA) is 38.0 Å². The van der Waals surface area contributed by atoms with E-state index in [1.165, 1.54) is 0 Å². The number of nitrogens with one attached hydrogen (secondary N) is 1. The number of hydrogen-bond acceptors (Lipinski definition) is 2. The Kier molecular flexibility index (Phi) is 4.48. The first-order valence-electron chi connectivity index (χ1n) is 5.23. The van der Waals surface area contributed by atoms with Crippen molar-refractivity contribution in [2.45, 2.75) is 26.1 Å². The summed E-state index contributed by atoms with van der Waals surface area (Å²) in [4.78, 5) is 0. The van der Waals surface area contributed by atoms with Crippen LogP contribution in [-0.4, -0.2) is 0 Å². The molecule has 0 aromatic heterocycles. The van der Waals surface area contributed by atoms with Crippen molar-refractivity contribution in [3.05, 3.63) is 46.8 Å². The van der Waals surface area contributed by atoms with Gasteiger partial charge in [-0.1, -0.05) is 11.6 Å². The first-order valence-corrected chi connectivity index (χ1v) is 5.23. The van der Waals surface area contributed by atoms with Crippen molar-refractivity contribution in [2.75, 3.05) is 0 Å². The minimum absolute atomic E-state index is 0.131. The number of halogens is 4. The summed E-state index contributed by atoms with van der Waals surface area (Å²) in [6.45, 7) is 3.49. The smallest absolute Gasteiger partial charge is 0.271 e. The van der Waals surface area contributed by atoms with E-state index < -0.39 is 23.6 Å². The minimum Gasteiger partial charge on any atom is -0.271 e. The van der Waals surface area contributed by atoms with E-state index in [1.807, 2.05) is 0 Å². The lowest BCUT2D eigenvalue weighted by atomic mass is 10.0. The maximum absolute atomic E-state index is 13.6. The van der Waals surface area contributed by atoms with Crippen molar-refractivity contribution in [3.63, 3.8) is 0 Å². The molecule has 1 aromatic rings. The summed E-state index contributed by atoms with van der Waals surface area (Å²) < 4.78 is 51.2. The number of nitrogens with two attached hydrogens (primary N) is 1. The SMILES string of the molecule is CC(C)=CC(NN)c1cc(C(F)(F)F)ccc1F. The number of rotatable bonds is 3. The lowest BCUT2D eigenvalue weighted by molar-refractivity contribution is -0.137. The van der Waals surface area contributed by atoms with Gasteiger partial charge in [-0.2, -0.15) is 13.2 Å². The van der Waals surface area contributed by atoms with Crippen molar-refractivity contribution >= 4 is 0 Å². The van der Waals surface area contributed by atoms with E-state index in [0.717, 1.165) is 17.7 Å². The monoisotopic (exact) mass is 262 g/mol. The lowest BCUT2D eigenvalue weighted by Gasteiger charge is -2.16.